The Labute approximate surface area is 153 Å². The topological polar surface area (TPSA) is 71.4 Å². The molecule has 0 radical (unpaired) electrons. The molecule has 0 unspecified atom stereocenters. The van der Waals surface area contributed by atoms with E-state index >= 15 is 4.39 Å². The van der Waals surface area contributed by atoms with Crippen LogP contribution in [0.3, 0.4) is 0 Å². The first-order valence-corrected chi connectivity index (χ1v) is 10.1. The van der Waals surface area contributed by atoms with Gasteiger partial charge in [-0.25, -0.2) is 4.39 Å². The first-order chi connectivity index (χ1) is 12.2. The molecular formula is C21H29FO4. The van der Waals surface area contributed by atoms with E-state index in [1.165, 1.54) is 0 Å². The van der Waals surface area contributed by atoms with Gasteiger partial charge >= 0.3 is 0 Å². The number of fused-ring (bicyclic) bond motifs is 5. The van der Waals surface area contributed by atoms with Crippen LogP contribution in [0.5, 0.6) is 0 Å². The zero-order valence-corrected chi connectivity index (χ0v) is 15.7. The van der Waals surface area contributed by atoms with E-state index in [-0.39, 0.29) is 47.4 Å². The van der Waals surface area contributed by atoms with Crippen LogP contribution < -0.4 is 0 Å². The molecule has 0 amide bonds. The average Bonchev–Trinajstić information content (AvgIpc) is 2.93. The van der Waals surface area contributed by atoms with Gasteiger partial charge in [0.25, 0.3) is 0 Å². The maximum atomic E-state index is 16.7. The van der Waals surface area contributed by atoms with Crippen LogP contribution >= 0.6 is 0 Å². The molecule has 4 fully saturated rings. The molecule has 4 aliphatic carbocycles. The summed E-state index contributed by atoms with van der Waals surface area (Å²) >= 11 is 0. The lowest BCUT2D eigenvalue weighted by Crippen LogP contribution is -2.67. The van der Waals surface area contributed by atoms with Gasteiger partial charge in [0.15, 0.2) is 17.2 Å². The Morgan fingerprint density at radius 2 is 1.85 bits per heavy atom. The number of ketones is 3. The van der Waals surface area contributed by atoms with Crippen LogP contribution in [0, 0.1) is 34.5 Å². The Hall–Kier alpha value is -1.10. The summed E-state index contributed by atoms with van der Waals surface area (Å²) in [4.78, 5) is 37.4. The van der Waals surface area contributed by atoms with Gasteiger partial charge in [-0.2, -0.15) is 0 Å². The molecule has 5 heteroatoms. The van der Waals surface area contributed by atoms with Crippen molar-refractivity contribution in [2.24, 2.45) is 34.5 Å². The number of halogens is 1. The summed E-state index contributed by atoms with van der Waals surface area (Å²) in [7, 11) is 0. The fourth-order valence-electron chi connectivity index (χ4n) is 7.40. The van der Waals surface area contributed by atoms with E-state index < -0.39 is 23.1 Å². The van der Waals surface area contributed by atoms with Gasteiger partial charge < -0.3 is 5.11 Å². The van der Waals surface area contributed by atoms with Crippen molar-refractivity contribution in [3.05, 3.63) is 0 Å². The standard InChI is InChI=1S/C21H29FO4/c1-19-10-18(26)21(22)15(14(19)5-6-16(19)17(25)11-23)4-3-12-9-13(24)7-8-20(12,21)2/h12,14-16,23H,3-11H2,1-2H3/t12-,14-,15-,16+,19-,20-,21-/m0/s1. The molecule has 0 aromatic heterocycles. The summed E-state index contributed by atoms with van der Waals surface area (Å²) in [5.41, 5.74) is -3.18. The first kappa shape index (κ1) is 18.3. The van der Waals surface area contributed by atoms with Crippen LogP contribution in [0.1, 0.15) is 65.2 Å². The van der Waals surface area contributed by atoms with Crippen LogP contribution in [0.25, 0.3) is 0 Å². The zero-order chi connectivity index (χ0) is 18.9. The second kappa shape index (κ2) is 5.70. The lowest BCUT2D eigenvalue weighted by molar-refractivity contribution is -0.196. The van der Waals surface area contributed by atoms with Crippen molar-refractivity contribution in [1.29, 1.82) is 0 Å². The van der Waals surface area contributed by atoms with E-state index in [1.807, 2.05) is 13.8 Å². The Morgan fingerprint density at radius 3 is 2.54 bits per heavy atom. The van der Waals surface area contributed by atoms with E-state index in [0.29, 0.717) is 32.1 Å². The number of carbonyl (C=O) groups excluding carboxylic acids is 3. The van der Waals surface area contributed by atoms with Gasteiger partial charge in [-0.3, -0.25) is 14.4 Å². The zero-order valence-electron chi connectivity index (χ0n) is 15.7. The molecule has 4 nitrogen and oxygen atoms in total. The van der Waals surface area contributed by atoms with Crippen LogP contribution in [-0.2, 0) is 14.4 Å². The van der Waals surface area contributed by atoms with Crippen LogP contribution in [0.4, 0.5) is 4.39 Å². The van der Waals surface area contributed by atoms with E-state index in [1.54, 1.807) is 0 Å². The third-order valence-corrected chi connectivity index (χ3v) is 8.85. The van der Waals surface area contributed by atoms with Crippen molar-refractivity contribution in [1.82, 2.24) is 0 Å². The molecule has 4 aliphatic rings. The highest BCUT2D eigenvalue weighted by Gasteiger charge is 2.72. The summed E-state index contributed by atoms with van der Waals surface area (Å²) in [5, 5.41) is 9.33. The molecule has 0 aromatic rings. The second-order valence-corrected chi connectivity index (χ2v) is 9.72. The van der Waals surface area contributed by atoms with Crippen molar-refractivity contribution in [2.45, 2.75) is 70.9 Å². The number of Topliss-reactive ketones (excluding diaryl/α,β-unsaturated/α-hetero) is 3. The third-order valence-electron chi connectivity index (χ3n) is 8.85. The molecule has 26 heavy (non-hydrogen) atoms. The summed E-state index contributed by atoms with van der Waals surface area (Å²) < 4.78 is 16.7. The molecule has 1 N–H and O–H groups in total. The van der Waals surface area contributed by atoms with Crippen LogP contribution in [0.2, 0.25) is 0 Å². The van der Waals surface area contributed by atoms with E-state index in [0.717, 1.165) is 12.8 Å². The molecule has 4 saturated carbocycles. The Kier molecular flexibility index (Phi) is 4.00. The maximum Gasteiger partial charge on any atom is 0.177 e. The number of rotatable bonds is 2. The monoisotopic (exact) mass is 364 g/mol. The van der Waals surface area contributed by atoms with Gasteiger partial charge in [-0.1, -0.05) is 13.8 Å². The van der Waals surface area contributed by atoms with Gasteiger partial charge in [0.1, 0.15) is 12.4 Å². The van der Waals surface area contributed by atoms with Crippen molar-refractivity contribution < 1.29 is 23.9 Å². The van der Waals surface area contributed by atoms with Gasteiger partial charge in [0, 0.05) is 36.5 Å². The van der Waals surface area contributed by atoms with Crippen molar-refractivity contribution in [3.8, 4) is 0 Å². The predicted molar refractivity (Wildman–Crippen MR) is 93.1 cm³/mol. The normalized spacial score (nSPS) is 50.8. The summed E-state index contributed by atoms with van der Waals surface area (Å²) in [5.74, 6) is -1.13. The van der Waals surface area contributed by atoms with Crippen molar-refractivity contribution in [3.63, 3.8) is 0 Å². The second-order valence-electron chi connectivity index (χ2n) is 9.72. The number of aliphatic hydroxyl groups is 1. The fraction of sp³-hybridized carbons (Fsp3) is 0.857. The molecule has 144 valence electrons. The van der Waals surface area contributed by atoms with Crippen LogP contribution in [-0.4, -0.2) is 34.7 Å². The smallest absolute Gasteiger partial charge is 0.177 e. The Morgan fingerprint density at radius 1 is 1.15 bits per heavy atom. The number of hydrogen-bond acceptors (Lipinski definition) is 4. The van der Waals surface area contributed by atoms with Crippen LogP contribution in [0.15, 0.2) is 0 Å². The largest absolute Gasteiger partial charge is 0.389 e. The summed E-state index contributed by atoms with van der Waals surface area (Å²) in [6.07, 6.45) is 4.10. The summed E-state index contributed by atoms with van der Waals surface area (Å²) in [6.45, 7) is 3.34. The van der Waals surface area contributed by atoms with Gasteiger partial charge in [0.2, 0.25) is 0 Å². The minimum Gasteiger partial charge on any atom is -0.389 e. The first-order valence-electron chi connectivity index (χ1n) is 10.1. The molecule has 0 aliphatic heterocycles. The Balaban J connectivity index is 1.74. The quantitative estimate of drug-likeness (QED) is 0.817. The highest BCUT2D eigenvalue weighted by molar-refractivity contribution is 5.93. The van der Waals surface area contributed by atoms with Gasteiger partial charge in [-0.15, -0.1) is 0 Å². The number of alkyl halides is 1. The van der Waals surface area contributed by atoms with E-state index in [9.17, 15) is 19.5 Å². The lowest BCUT2D eigenvalue weighted by atomic mass is 9.43. The van der Waals surface area contributed by atoms with E-state index in [4.69, 9.17) is 0 Å². The van der Waals surface area contributed by atoms with Crippen molar-refractivity contribution >= 4 is 17.3 Å². The number of carbonyl (C=O) groups is 3. The average molecular weight is 364 g/mol. The fourth-order valence-corrected chi connectivity index (χ4v) is 7.40. The number of aliphatic hydroxyl groups excluding tert-OH is 1. The number of hydrogen-bond donors (Lipinski definition) is 1. The highest BCUT2D eigenvalue weighted by atomic mass is 19.1. The Bertz CT molecular complexity index is 675. The maximum absolute atomic E-state index is 16.7. The molecule has 7 atom stereocenters. The molecular weight excluding hydrogens is 335 g/mol. The molecule has 0 aromatic carbocycles. The lowest BCUT2D eigenvalue weighted by Gasteiger charge is -2.62. The van der Waals surface area contributed by atoms with Gasteiger partial charge in [-0.05, 0) is 49.4 Å². The summed E-state index contributed by atoms with van der Waals surface area (Å²) in [6, 6.07) is 0. The highest BCUT2D eigenvalue weighted by Crippen LogP contribution is 2.69. The van der Waals surface area contributed by atoms with Gasteiger partial charge in [0.05, 0.1) is 0 Å². The van der Waals surface area contributed by atoms with Crippen molar-refractivity contribution in [2.75, 3.05) is 6.61 Å². The van der Waals surface area contributed by atoms with E-state index in [2.05, 4.69) is 0 Å². The minimum absolute atomic E-state index is 0.00102. The molecule has 0 spiro atoms. The molecule has 0 saturated heterocycles. The SMILES string of the molecule is C[C@]12CC(=O)[C@@]3(F)[C@@H](CC[C@H]4CC(=O)CC[C@@]43C)[C@@H]1CC[C@@H]2C(=O)CO. The molecule has 4 rings (SSSR count). The molecule has 0 heterocycles. The third kappa shape index (κ3) is 2.07. The molecule has 0 bridgehead atoms. The predicted octanol–water partition coefficient (Wildman–Crippen LogP) is 3.05. The minimum atomic E-state index is -1.88.